The van der Waals surface area contributed by atoms with Gasteiger partial charge in [-0.3, -0.25) is 9.69 Å². The highest BCUT2D eigenvalue weighted by Gasteiger charge is 2.40. The van der Waals surface area contributed by atoms with Crippen molar-refractivity contribution in [1.29, 1.82) is 0 Å². The number of aryl methyl sites for hydroxylation is 1. The van der Waals surface area contributed by atoms with Crippen molar-refractivity contribution >= 4 is 29.3 Å². The van der Waals surface area contributed by atoms with Crippen molar-refractivity contribution in [3.8, 4) is 11.6 Å². The highest BCUT2D eigenvalue weighted by molar-refractivity contribution is 6.27. The number of hydrogen-bond donors (Lipinski definition) is 1. The number of alkyl halides is 3. The molecule has 0 atom stereocenters. The van der Waals surface area contributed by atoms with Crippen molar-refractivity contribution in [1.82, 2.24) is 9.97 Å². The van der Waals surface area contributed by atoms with E-state index in [1.807, 2.05) is 6.92 Å². The lowest BCUT2D eigenvalue weighted by atomic mass is 10.1. The first-order valence-corrected chi connectivity index (χ1v) is 9.98. The summed E-state index contributed by atoms with van der Waals surface area (Å²) in [5.41, 5.74) is 4.73. The van der Waals surface area contributed by atoms with Crippen molar-refractivity contribution in [2.45, 2.75) is 19.5 Å². The van der Waals surface area contributed by atoms with E-state index in [-0.39, 0.29) is 23.2 Å². The van der Waals surface area contributed by atoms with Crippen molar-refractivity contribution in [3.63, 3.8) is 0 Å². The molecule has 8 nitrogen and oxygen atoms in total. The first kappa shape index (κ1) is 23.0. The van der Waals surface area contributed by atoms with E-state index in [1.165, 1.54) is 24.4 Å². The predicted octanol–water partition coefficient (Wildman–Crippen LogP) is 4.54. The van der Waals surface area contributed by atoms with Gasteiger partial charge in [-0.2, -0.15) is 18.2 Å². The molecular formula is C22H17F4N5O3. The normalized spacial score (nSPS) is 14.1. The Hall–Kier alpha value is -4.22. The van der Waals surface area contributed by atoms with Gasteiger partial charge >= 0.3 is 12.2 Å². The summed E-state index contributed by atoms with van der Waals surface area (Å²) in [6, 6.07) is 6.84. The van der Waals surface area contributed by atoms with Gasteiger partial charge in [0.1, 0.15) is 18.1 Å². The highest BCUT2D eigenvalue weighted by Crippen LogP contribution is 2.35. The molecule has 0 unspecified atom stereocenters. The molecule has 1 fully saturated rings. The summed E-state index contributed by atoms with van der Waals surface area (Å²) >= 11 is 0. The molecule has 2 heterocycles. The van der Waals surface area contributed by atoms with Crippen LogP contribution < -0.4 is 20.3 Å². The lowest BCUT2D eigenvalue weighted by Gasteiger charge is -2.19. The summed E-state index contributed by atoms with van der Waals surface area (Å²) in [6.45, 7) is 1.28. The van der Waals surface area contributed by atoms with Crippen LogP contribution in [0.3, 0.4) is 0 Å². The van der Waals surface area contributed by atoms with Crippen molar-refractivity contribution in [3.05, 3.63) is 65.6 Å². The summed E-state index contributed by atoms with van der Waals surface area (Å²) in [5, 5.41) is 0. The number of imide groups is 1. The van der Waals surface area contributed by atoms with Crippen LogP contribution in [-0.2, 0) is 17.4 Å². The number of amides is 3. The van der Waals surface area contributed by atoms with Gasteiger partial charge in [-0.1, -0.05) is 6.92 Å². The molecule has 0 spiro atoms. The second-order valence-electron chi connectivity index (χ2n) is 7.29. The van der Waals surface area contributed by atoms with Gasteiger partial charge in [-0.25, -0.2) is 19.1 Å². The molecule has 4 rings (SSSR count). The topological polar surface area (TPSA) is 102 Å². The standard InChI is InChI=1S/C22H17F4N5O3/c1-2-12-7-15(3-4-17(12)34-18-5-6-28-20(27)29-18)31-19(32)11-30(21(31)33)16-9-13(22(24,25)26)8-14(23)10-16/h3-10H,2,11H2,1H3,(H2,27,28,29). The Labute approximate surface area is 190 Å². The number of halogens is 4. The van der Waals surface area contributed by atoms with Crippen LogP contribution in [0.2, 0.25) is 0 Å². The Bertz CT molecular complexity index is 1280. The number of hydrogen-bond acceptors (Lipinski definition) is 6. The van der Waals surface area contributed by atoms with Gasteiger partial charge < -0.3 is 10.5 Å². The van der Waals surface area contributed by atoms with Gasteiger partial charge in [0, 0.05) is 18.0 Å². The third kappa shape index (κ3) is 4.47. The molecule has 2 N–H and O–H groups in total. The van der Waals surface area contributed by atoms with Crippen LogP contribution in [0.1, 0.15) is 18.1 Å². The number of urea groups is 1. The molecule has 1 aromatic heterocycles. The molecule has 2 aromatic carbocycles. The Morgan fingerprint density at radius 2 is 1.85 bits per heavy atom. The van der Waals surface area contributed by atoms with E-state index in [0.717, 1.165) is 15.9 Å². The number of aromatic nitrogens is 2. The molecule has 176 valence electrons. The quantitative estimate of drug-likeness (QED) is 0.429. The molecule has 34 heavy (non-hydrogen) atoms. The molecule has 0 saturated carbocycles. The number of carbonyl (C=O) groups is 2. The van der Waals surface area contributed by atoms with Gasteiger partial charge in [0.2, 0.25) is 11.8 Å². The predicted molar refractivity (Wildman–Crippen MR) is 114 cm³/mol. The summed E-state index contributed by atoms with van der Waals surface area (Å²) in [5.74, 6) is -1.24. The SMILES string of the molecule is CCc1cc(N2C(=O)CN(c3cc(F)cc(C(F)(F)F)c3)C2=O)ccc1Oc1ccnc(N)n1. The highest BCUT2D eigenvalue weighted by atomic mass is 19.4. The van der Waals surface area contributed by atoms with E-state index in [2.05, 4.69) is 9.97 Å². The van der Waals surface area contributed by atoms with Crippen molar-refractivity contribution in [2.24, 2.45) is 0 Å². The smallest absolute Gasteiger partial charge is 0.416 e. The van der Waals surface area contributed by atoms with E-state index in [1.54, 1.807) is 6.07 Å². The number of ether oxygens (including phenoxy) is 1. The van der Waals surface area contributed by atoms with E-state index >= 15 is 0 Å². The first-order valence-electron chi connectivity index (χ1n) is 9.98. The second kappa shape index (κ2) is 8.61. The maximum absolute atomic E-state index is 13.8. The summed E-state index contributed by atoms with van der Waals surface area (Å²) in [6.07, 6.45) is -2.93. The van der Waals surface area contributed by atoms with Crippen LogP contribution in [0.15, 0.2) is 48.7 Å². The average Bonchev–Trinajstić information content (AvgIpc) is 3.07. The zero-order valence-electron chi connectivity index (χ0n) is 17.6. The van der Waals surface area contributed by atoms with Crippen LogP contribution in [0, 0.1) is 5.82 Å². The minimum Gasteiger partial charge on any atom is -0.439 e. The van der Waals surface area contributed by atoms with Crippen LogP contribution in [0.25, 0.3) is 0 Å². The van der Waals surface area contributed by atoms with Crippen LogP contribution in [0.5, 0.6) is 11.6 Å². The fourth-order valence-electron chi connectivity index (χ4n) is 3.46. The number of nitrogens with zero attached hydrogens (tertiary/aromatic N) is 4. The maximum atomic E-state index is 13.8. The largest absolute Gasteiger partial charge is 0.439 e. The molecule has 1 saturated heterocycles. The average molecular weight is 475 g/mol. The number of rotatable bonds is 5. The van der Waals surface area contributed by atoms with E-state index < -0.39 is 36.0 Å². The van der Waals surface area contributed by atoms with Gasteiger partial charge in [-0.15, -0.1) is 0 Å². The molecule has 0 radical (unpaired) electrons. The van der Waals surface area contributed by atoms with Gasteiger partial charge in [0.25, 0.3) is 5.91 Å². The Balaban J connectivity index is 1.63. The van der Waals surface area contributed by atoms with E-state index in [0.29, 0.717) is 29.9 Å². The maximum Gasteiger partial charge on any atom is 0.416 e. The zero-order chi connectivity index (χ0) is 24.6. The fraction of sp³-hybridized carbons (Fsp3) is 0.182. The molecule has 0 bridgehead atoms. The second-order valence-corrected chi connectivity index (χ2v) is 7.29. The van der Waals surface area contributed by atoms with Gasteiger partial charge in [0.15, 0.2) is 0 Å². The van der Waals surface area contributed by atoms with Crippen LogP contribution >= 0.6 is 0 Å². The van der Waals surface area contributed by atoms with Crippen molar-refractivity contribution < 1.29 is 31.9 Å². The molecule has 12 heteroatoms. The Morgan fingerprint density at radius 3 is 2.53 bits per heavy atom. The fourth-order valence-corrected chi connectivity index (χ4v) is 3.46. The third-order valence-electron chi connectivity index (χ3n) is 5.03. The molecule has 1 aliphatic rings. The van der Waals surface area contributed by atoms with Gasteiger partial charge in [-0.05, 0) is 48.4 Å². The zero-order valence-corrected chi connectivity index (χ0v) is 17.6. The van der Waals surface area contributed by atoms with E-state index in [4.69, 9.17) is 10.5 Å². The number of carbonyl (C=O) groups excluding carboxylic acids is 2. The number of nitrogens with two attached hydrogens (primary N) is 1. The number of anilines is 3. The molecular weight excluding hydrogens is 458 g/mol. The van der Waals surface area contributed by atoms with Crippen LogP contribution in [0.4, 0.5) is 39.7 Å². The minimum atomic E-state index is -4.82. The van der Waals surface area contributed by atoms with Gasteiger partial charge in [0.05, 0.1) is 11.3 Å². The Morgan fingerprint density at radius 1 is 1.09 bits per heavy atom. The van der Waals surface area contributed by atoms with E-state index in [9.17, 15) is 27.2 Å². The monoisotopic (exact) mass is 475 g/mol. The molecule has 0 aliphatic carbocycles. The number of nitrogen functional groups attached to an aromatic ring is 1. The molecule has 3 aromatic rings. The lowest BCUT2D eigenvalue weighted by Crippen LogP contribution is -2.33. The first-order chi connectivity index (χ1) is 16.1. The Kier molecular flexibility index (Phi) is 5.82. The molecule has 3 amide bonds. The van der Waals surface area contributed by atoms with Crippen LogP contribution in [-0.4, -0.2) is 28.5 Å². The number of benzene rings is 2. The summed E-state index contributed by atoms with van der Waals surface area (Å²) in [4.78, 5) is 34.9. The third-order valence-corrected chi connectivity index (χ3v) is 5.03. The van der Waals surface area contributed by atoms with Crippen molar-refractivity contribution in [2.75, 3.05) is 22.1 Å². The lowest BCUT2D eigenvalue weighted by molar-refractivity contribution is -0.137. The minimum absolute atomic E-state index is 0.0200. The molecule has 1 aliphatic heterocycles. The summed E-state index contributed by atoms with van der Waals surface area (Å²) < 4.78 is 58.8. The summed E-state index contributed by atoms with van der Waals surface area (Å²) in [7, 11) is 0.